The number of ether oxygens (including phenoxy) is 1. The molecule has 1 fully saturated rings. The fourth-order valence-corrected chi connectivity index (χ4v) is 5.27. The number of nitrogens with zero attached hydrogens (tertiary/aromatic N) is 3. The van der Waals surface area contributed by atoms with Crippen molar-refractivity contribution in [3.63, 3.8) is 0 Å². The van der Waals surface area contributed by atoms with E-state index in [1.54, 1.807) is 7.11 Å². The molecule has 1 N–H and O–H groups in total. The molecule has 1 aliphatic heterocycles. The molecule has 1 unspecified atom stereocenters. The Morgan fingerprint density at radius 2 is 2.10 bits per heavy atom. The summed E-state index contributed by atoms with van der Waals surface area (Å²) in [6.45, 7) is 2.59. The Morgan fingerprint density at radius 1 is 1.26 bits per heavy atom. The highest BCUT2D eigenvalue weighted by atomic mass is 35.5. The Morgan fingerprint density at radius 3 is 2.90 bits per heavy atom. The summed E-state index contributed by atoms with van der Waals surface area (Å²) in [5.41, 5.74) is 3.07. The standard InChI is InChI=1S/C23H21ClN4O2S/c1-13-25-20(21(31-13)14-6-3-7-15(24)12-14)23(29)28-11-5-9-17(28)22-26-16-8-4-10-18(30-2)19(16)27-22/h3-4,6-8,10,12,17H,5,9,11H2,1-2H3,(H,26,27). The van der Waals surface area contributed by atoms with Gasteiger partial charge in [-0.2, -0.15) is 0 Å². The number of rotatable bonds is 4. The number of likely N-dealkylation sites (tertiary alicyclic amines) is 1. The molecule has 3 heterocycles. The van der Waals surface area contributed by atoms with Gasteiger partial charge in [0, 0.05) is 11.6 Å². The number of para-hydroxylation sites is 1. The van der Waals surface area contributed by atoms with Gasteiger partial charge >= 0.3 is 0 Å². The van der Waals surface area contributed by atoms with Crippen molar-refractivity contribution in [2.75, 3.05) is 13.7 Å². The van der Waals surface area contributed by atoms with E-state index < -0.39 is 0 Å². The van der Waals surface area contributed by atoms with Crippen LogP contribution in [0.3, 0.4) is 0 Å². The van der Waals surface area contributed by atoms with Gasteiger partial charge in [0.2, 0.25) is 0 Å². The number of amides is 1. The van der Waals surface area contributed by atoms with E-state index in [4.69, 9.17) is 21.3 Å². The molecule has 1 aliphatic rings. The van der Waals surface area contributed by atoms with E-state index in [1.165, 1.54) is 11.3 Å². The second kappa shape index (κ2) is 7.98. The summed E-state index contributed by atoms with van der Waals surface area (Å²) in [5, 5.41) is 1.49. The number of benzene rings is 2. The fourth-order valence-electron chi connectivity index (χ4n) is 4.17. The maximum atomic E-state index is 13.6. The normalized spacial score (nSPS) is 16.2. The second-order valence-electron chi connectivity index (χ2n) is 7.56. The predicted octanol–water partition coefficient (Wildman–Crippen LogP) is 5.63. The van der Waals surface area contributed by atoms with Crippen LogP contribution in [0, 0.1) is 6.92 Å². The maximum absolute atomic E-state index is 13.6. The smallest absolute Gasteiger partial charge is 0.274 e. The minimum atomic E-state index is -0.126. The van der Waals surface area contributed by atoms with Gasteiger partial charge in [0.15, 0.2) is 0 Å². The molecule has 5 rings (SSSR count). The monoisotopic (exact) mass is 452 g/mol. The number of methoxy groups -OCH3 is 1. The highest BCUT2D eigenvalue weighted by Crippen LogP contribution is 2.37. The molecule has 0 saturated carbocycles. The molecule has 0 aliphatic carbocycles. The number of aromatic amines is 1. The molecule has 0 radical (unpaired) electrons. The molecule has 158 valence electrons. The molecule has 1 amide bonds. The number of aryl methyl sites for hydroxylation is 1. The molecule has 1 atom stereocenters. The van der Waals surface area contributed by atoms with Gasteiger partial charge in [-0.3, -0.25) is 4.79 Å². The molecule has 31 heavy (non-hydrogen) atoms. The zero-order valence-corrected chi connectivity index (χ0v) is 18.8. The van der Waals surface area contributed by atoms with Crippen LogP contribution in [0.15, 0.2) is 42.5 Å². The SMILES string of the molecule is COc1cccc2[nH]c(C3CCCN3C(=O)c3nc(C)sc3-c3cccc(Cl)c3)nc12. The van der Waals surface area contributed by atoms with Crippen molar-refractivity contribution in [1.82, 2.24) is 19.9 Å². The Bertz CT molecular complexity index is 1280. The maximum Gasteiger partial charge on any atom is 0.274 e. The summed E-state index contributed by atoms with van der Waals surface area (Å²) in [6, 6.07) is 13.2. The van der Waals surface area contributed by atoms with Crippen molar-refractivity contribution in [2.24, 2.45) is 0 Å². The number of halogens is 1. The molecule has 4 aromatic rings. The van der Waals surface area contributed by atoms with Crippen LogP contribution in [-0.2, 0) is 0 Å². The number of nitrogens with one attached hydrogen (secondary N) is 1. The number of hydrogen-bond donors (Lipinski definition) is 1. The predicted molar refractivity (Wildman–Crippen MR) is 123 cm³/mol. The highest BCUT2D eigenvalue weighted by molar-refractivity contribution is 7.15. The Labute approximate surface area is 188 Å². The highest BCUT2D eigenvalue weighted by Gasteiger charge is 2.35. The third-order valence-electron chi connectivity index (χ3n) is 5.57. The van der Waals surface area contributed by atoms with E-state index in [1.807, 2.05) is 54.3 Å². The number of hydrogen-bond acceptors (Lipinski definition) is 5. The number of carbonyl (C=O) groups is 1. The first-order valence-corrected chi connectivity index (χ1v) is 11.3. The van der Waals surface area contributed by atoms with Crippen LogP contribution in [0.5, 0.6) is 5.75 Å². The zero-order chi connectivity index (χ0) is 21.5. The Hall–Kier alpha value is -2.90. The third-order valence-corrected chi connectivity index (χ3v) is 6.82. The zero-order valence-electron chi connectivity index (χ0n) is 17.2. The van der Waals surface area contributed by atoms with Crippen LogP contribution in [0.1, 0.15) is 40.2 Å². The summed E-state index contributed by atoms with van der Waals surface area (Å²) in [6.07, 6.45) is 1.77. The van der Waals surface area contributed by atoms with E-state index in [2.05, 4.69) is 9.97 Å². The number of imidazole rings is 1. The van der Waals surface area contributed by atoms with Crippen LogP contribution < -0.4 is 4.74 Å². The van der Waals surface area contributed by atoms with Crippen molar-refractivity contribution >= 4 is 39.9 Å². The first-order valence-electron chi connectivity index (χ1n) is 10.1. The third kappa shape index (κ3) is 3.58. The van der Waals surface area contributed by atoms with Gasteiger partial charge in [-0.25, -0.2) is 9.97 Å². The van der Waals surface area contributed by atoms with E-state index in [0.717, 1.165) is 45.1 Å². The first kappa shape index (κ1) is 20.0. The molecule has 0 spiro atoms. The van der Waals surface area contributed by atoms with E-state index >= 15 is 0 Å². The lowest BCUT2D eigenvalue weighted by Crippen LogP contribution is -2.31. The van der Waals surface area contributed by atoms with E-state index in [-0.39, 0.29) is 11.9 Å². The van der Waals surface area contributed by atoms with Crippen LogP contribution in [0.25, 0.3) is 21.5 Å². The fraction of sp³-hybridized carbons (Fsp3) is 0.261. The topological polar surface area (TPSA) is 71.1 Å². The van der Waals surface area contributed by atoms with Crippen molar-refractivity contribution in [3.8, 4) is 16.2 Å². The minimum Gasteiger partial charge on any atom is -0.494 e. The minimum absolute atomic E-state index is 0.0748. The van der Waals surface area contributed by atoms with Gasteiger partial charge in [0.1, 0.15) is 22.8 Å². The Balaban J connectivity index is 1.52. The van der Waals surface area contributed by atoms with Crippen LogP contribution in [0.4, 0.5) is 0 Å². The van der Waals surface area contributed by atoms with Crippen molar-refractivity contribution < 1.29 is 9.53 Å². The summed E-state index contributed by atoms with van der Waals surface area (Å²) in [4.78, 5) is 29.1. The van der Waals surface area contributed by atoms with Gasteiger partial charge in [-0.1, -0.05) is 29.8 Å². The average molecular weight is 453 g/mol. The van der Waals surface area contributed by atoms with Crippen LogP contribution >= 0.6 is 22.9 Å². The van der Waals surface area contributed by atoms with Gasteiger partial charge < -0.3 is 14.6 Å². The van der Waals surface area contributed by atoms with Crippen molar-refractivity contribution in [1.29, 1.82) is 0 Å². The molecule has 6 nitrogen and oxygen atoms in total. The molecule has 0 bridgehead atoms. The summed E-state index contributed by atoms with van der Waals surface area (Å²) < 4.78 is 5.44. The molecule has 2 aromatic carbocycles. The number of aromatic nitrogens is 3. The lowest BCUT2D eigenvalue weighted by atomic mass is 10.1. The molecule has 2 aromatic heterocycles. The van der Waals surface area contributed by atoms with Gasteiger partial charge in [0.05, 0.1) is 28.6 Å². The lowest BCUT2D eigenvalue weighted by Gasteiger charge is -2.22. The van der Waals surface area contributed by atoms with Crippen LogP contribution in [0.2, 0.25) is 5.02 Å². The second-order valence-corrected chi connectivity index (χ2v) is 9.20. The number of thiazole rings is 1. The van der Waals surface area contributed by atoms with Gasteiger partial charge in [0.25, 0.3) is 5.91 Å². The van der Waals surface area contributed by atoms with Gasteiger partial charge in [-0.05, 0) is 49.6 Å². The molecule has 8 heteroatoms. The average Bonchev–Trinajstić information content (AvgIpc) is 3.50. The number of carbonyl (C=O) groups excluding carboxylic acids is 1. The molecular formula is C23H21ClN4O2S. The number of fused-ring (bicyclic) bond motifs is 1. The summed E-state index contributed by atoms with van der Waals surface area (Å²) in [5.74, 6) is 1.42. The molecule has 1 saturated heterocycles. The quantitative estimate of drug-likeness (QED) is 0.435. The molecular weight excluding hydrogens is 432 g/mol. The van der Waals surface area contributed by atoms with E-state index in [9.17, 15) is 4.79 Å². The summed E-state index contributed by atoms with van der Waals surface area (Å²) in [7, 11) is 1.64. The Kier molecular flexibility index (Phi) is 5.16. The largest absolute Gasteiger partial charge is 0.494 e. The van der Waals surface area contributed by atoms with Crippen molar-refractivity contribution in [3.05, 3.63) is 64.0 Å². The summed E-state index contributed by atoms with van der Waals surface area (Å²) >= 11 is 7.71. The lowest BCUT2D eigenvalue weighted by molar-refractivity contribution is 0.0726. The van der Waals surface area contributed by atoms with Gasteiger partial charge in [-0.15, -0.1) is 11.3 Å². The first-order chi connectivity index (χ1) is 15.0. The number of H-pyrrole nitrogens is 1. The van der Waals surface area contributed by atoms with E-state index in [0.29, 0.717) is 23.0 Å². The van der Waals surface area contributed by atoms with Crippen LogP contribution in [-0.4, -0.2) is 39.4 Å². The van der Waals surface area contributed by atoms with Crippen molar-refractivity contribution in [2.45, 2.75) is 25.8 Å².